The lowest BCUT2D eigenvalue weighted by atomic mass is 10.1. The largest absolute Gasteiger partial charge is 0.391 e. The summed E-state index contributed by atoms with van der Waals surface area (Å²) in [6, 6.07) is 7.71. The van der Waals surface area contributed by atoms with Gasteiger partial charge in [0.1, 0.15) is 0 Å². The van der Waals surface area contributed by atoms with Gasteiger partial charge in [0.25, 0.3) is 0 Å². The zero-order valence-electron chi connectivity index (χ0n) is 12.0. The van der Waals surface area contributed by atoms with Crippen LogP contribution in [0.5, 0.6) is 0 Å². The Morgan fingerprint density at radius 3 is 2.25 bits per heavy atom. The minimum absolute atomic E-state index is 0.218. The summed E-state index contributed by atoms with van der Waals surface area (Å²) in [5, 5.41) is 3.33. The van der Waals surface area contributed by atoms with Crippen LogP contribution in [0.3, 0.4) is 0 Å². The highest BCUT2D eigenvalue weighted by Gasteiger charge is 2.26. The zero-order chi connectivity index (χ0) is 15.0. The number of nitrogens with one attached hydrogen (secondary N) is 1. The van der Waals surface area contributed by atoms with E-state index in [4.69, 9.17) is 4.74 Å². The van der Waals surface area contributed by atoms with E-state index in [2.05, 4.69) is 19.2 Å². The van der Waals surface area contributed by atoms with Gasteiger partial charge >= 0.3 is 6.18 Å². The lowest BCUT2D eigenvalue weighted by Gasteiger charge is -2.09. The molecule has 1 rings (SSSR count). The zero-order valence-corrected chi connectivity index (χ0v) is 12.0. The molecule has 1 aromatic rings. The Morgan fingerprint density at radius 2 is 1.70 bits per heavy atom. The molecule has 0 aromatic heterocycles. The number of alkyl halides is 3. The molecule has 1 aromatic carbocycles. The van der Waals surface area contributed by atoms with Crippen molar-refractivity contribution in [2.24, 2.45) is 5.92 Å². The highest BCUT2D eigenvalue weighted by molar-refractivity contribution is 5.21. The first-order chi connectivity index (χ1) is 9.37. The van der Waals surface area contributed by atoms with E-state index >= 15 is 0 Å². The van der Waals surface area contributed by atoms with Crippen LogP contribution in [0, 0.1) is 5.92 Å². The van der Waals surface area contributed by atoms with Crippen molar-refractivity contribution in [1.82, 2.24) is 5.32 Å². The summed E-state index contributed by atoms with van der Waals surface area (Å²) in [7, 11) is 0. The molecule has 0 amide bonds. The Morgan fingerprint density at radius 1 is 1.10 bits per heavy atom. The van der Waals surface area contributed by atoms with E-state index in [1.54, 1.807) is 0 Å². The number of rotatable bonds is 8. The maximum atomic E-state index is 11.9. The number of hydrogen-bond donors (Lipinski definition) is 1. The van der Waals surface area contributed by atoms with Crippen molar-refractivity contribution < 1.29 is 17.9 Å². The second-order valence-corrected chi connectivity index (χ2v) is 5.26. The summed E-state index contributed by atoms with van der Waals surface area (Å²) in [4.78, 5) is 0. The van der Waals surface area contributed by atoms with Gasteiger partial charge in [-0.3, -0.25) is 0 Å². The smallest absolute Gasteiger partial charge is 0.376 e. The maximum Gasteiger partial charge on any atom is 0.391 e. The highest BCUT2D eigenvalue weighted by Crippen LogP contribution is 2.19. The summed E-state index contributed by atoms with van der Waals surface area (Å²) in [6.07, 6.45) is -5.05. The summed E-state index contributed by atoms with van der Waals surface area (Å²) >= 11 is 0. The first-order valence-electron chi connectivity index (χ1n) is 6.80. The third kappa shape index (κ3) is 8.17. The van der Waals surface area contributed by atoms with E-state index in [-0.39, 0.29) is 13.2 Å². The van der Waals surface area contributed by atoms with Crippen LogP contribution in [0.4, 0.5) is 13.2 Å². The molecule has 0 atom stereocenters. The monoisotopic (exact) mass is 289 g/mol. The first-order valence-corrected chi connectivity index (χ1v) is 6.80. The van der Waals surface area contributed by atoms with E-state index < -0.39 is 12.6 Å². The van der Waals surface area contributed by atoms with Gasteiger partial charge in [0.15, 0.2) is 0 Å². The lowest BCUT2D eigenvalue weighted by Crippen LogP contribution is -2.18. The molecular weight excluding hydrogens is 267 g/mol. The van der Waals surface area contributed by atoms with E-state index in [1.165, 1.54) is 0 Å². The number of halogens is 3. The Labute approximate surface area is 118 Å². The van der Waals surface area contributed by atoms with Crippen LogP contribution in [0.1, 0.15) is 31.4 Å². The molecule has 0 saturated heterocycles. The molecule has 114 valence electrons. The minimum atomic E-state index is -4.15. The third-order valence-corrected chi connectivity index (χ3v) is 2.70. The number of benzene rings is 1. The van der Waals surface area contributed by atoms with Crippen molar-refractivity contribution in [1.29, 1.82) is 0 Å². The Hall–Kier alpha value is -1.07. The van der Waals surface area contributed by atoms with Crippen molar-refractivity contribution in [3.63, 3.8) is 0 Å². The lowest BCUT2D eigenvalue weighted by molar-refractivity contribution is -0.146. The molecule has 2 nitrogen and oxygen atoms in total. The normalized spacial score (nSPS) is 12.1. The number of ether oxygens (including phenoxy) is 1. The van der Waals surface area contributed by atoms with E-state index in [1.807, 2.05) is 24.3 Å². The molecule has 0 aliphatic rings. The van der Waals surface area contributed by atoms with Crippen LogP contribution in [0.2, 0.25) is 0 Å². The quantitative estimate of drug-likeness (QED) is 0.733. The molecule has 1 N–H and O–H groups in total. The van der Waals surface area contributed by atoms with Crippen LogP contribution >= 0.6 is 0 Å². The molecule has 0 unspecified atom stereocenters. The molecule has 0 bridgehead atoms. The van der Waals surface area contributed by atoms with Crippen LogP contribution in [-0.2, 0) is 17.9 Å². The van der Waals surface area contributed by atoms with Crippen molar-refractivity contribution >= 4 is 0 Å². The van der Waals surface area contributed by atoms with Gasteiger partial charge in [0.05, 0.1) is 19.6 Å². The van der Waals surface area contributed by atoms with Gasteiger partial charge in [-0.25, -0.2) is 0 Å². The van der Waals surface area contributed by atoms with Crippen LogP contribution < -0.4 is 5.32 Å². The van der Waals surface area contributed by atoms with E-state index in [0.717, 1.165) is 24.2 Å². The molecule has 20 heavy (non-hydrogen) atoms. The van der Waals surface area contributed by atoms with Crippen LogP contribution in [0.25, 0.3) is 0 Å². The van der Waals surface area contributed by atoms with Crippen molar-refractivity contribution in [2.75, 3.05) is 13.2 Å². The fraction of sp³-hybridized carbons (Fsp3) is 0.600. The number of hydrogen-bond acceptors (Lipinski definition) is 2. The van der Waals surface area contributed by atoms with Gasteiger partial charge in [-0.05, 0) is 23.6 Å². The summed E-state index contributed by atoms with van der Waals surface area (Å²) in [6.45, 7) is 5.98. The van der Waals surface area contributed by atoms with Crippen molar-refractivity contribution in [3.8, 4) is 0 Å². The molecular formula is C15H22F3NO. The van der Waals surface area contributed by atoms with Crippen LogP contribution in [0.15, 0.2) is 24.3 Å². The predicted octanol–water partition coefficient (Wildman–Crippen LogP) is 3.90. The molecule has 0 aliphatic carbocycles. The average molecular weight is 289 g/mol. The Bertz CT molecular complexity index is 374. The predicted molar refractivity (Wildman–Crippen MR) is 73.3 cm³/mol. The van der Waals surface area contributed by atoms with Gasteiger partial charge in [-0.1, -0.05) is 38.1 Å². The summed E-state index contributed by atoms with van der Waals surface area (Å²) in [5.74, 6) is 0.608. The fourth-order valence-corrected chi connectivity index (χ4v) is 1.64. The Balaban J connectivity index is 2.25. The standard InChI is InChI=1S/C15H22F3NO/c1-12(2)9-19-10-13-3-5-14(6-4-13)11-20-8-7-15(16,17)18/h3-6,12,19H,7-11H2,1-2H3. The van der Waals surface area contributed by atoms with Crippen molar-refractivity contribution in [2.45, 2.75) is 39.6 Å². The maximum absolute atomic E-state index is 11.9. The SMILES string of the molecule is CC(C)CNCc1ccc(COCCC(F)(F)F)cc1. The third-order valence-electron chi connectivity index (χ3n) is 2.70. The van der Waals surface area contributed by atoms with E-state index in [9.17, 15) is 13.2 Å². The van der Waals surface area contributed by atoms with Gasteiger partial charge in [0, 0.05) is 6.54 Å². The van der Waals surface area contributed by atoms with Gasteiger partial charge < -0.3 is 10.1 Å². The second-order valence-electron chi connectivity index (χ2n) is 5.26. The molecule has 0 radical (unpaired) electrons. The second kappa shape index (κ2) is 8.27. The van der Waals surface area contributed by atoms with Crippen molar-refractivity contribution in [3.05, 3.63) is 35.4 Å². The molecule has 0 aliphatic heterocycles. The highest BCUT2D eigenvalue weighted by atomic mass is 19.4. The van der Waals surface area contributed by atoms with Gasteiger partial charge in [-0.15, -0.1) is 0 Å². The van der Waals surface area contributed by atoms with Gasteiger partial charge in [0.2, 0.25) is 0 Å². The van der Waals surface area contributed by atoms with E-state index in [0.29, 0.717) is 5.92 Å². The summed E-state index contributed by atoms with van der Waals surface area (Å²) in [5.41, 5.74) is 2.05. The average Bonchev–Trinajstić information content (AvgIpc) is 2.35. The molecule has 0 saturated carbocycles. The Kier molecular flexibility index (Phi) is 7.02. The minimum Gasteiger partial charge on any atom is -0.376 e. The molecule has 0 spiro atoms. The van der Waals surface area contributed by atoms with Crippen LogP contribution in [-0.4, -0.2) is 19.3 Å². The summed E-state index contributed by atoms with van der Waals surface area (Å²) < 4.78 is 40.8. The molecule has 0 heterocycles. The van der Waals surface area contributed by atoms with Gasteiger partial charge in [-0.2, -0.15) is 13.2 Å². The molecule has 5 heteroatoms. The molecule has 0 fully saturated rings. The fourth-order valence-electron chi connectivity index (χ4n) is 1.64. The first kappa shape index (κ1) is 17.0. The topological polar surface area (TPSA) is 21.3 Å².